The molecular weight excluding hydrogens is 462 g/mol. The number of nitrogens with one attached hydrogen (secondary N) is 1. The molecule has 0 bridgehead atoms. The van der Waals surface area contributed by atoms with Crippen LogP contribution in [0.3, 0.4) is 0 Å². The van der Waals surface area contributed by atoms with Crippen molar-refractivity contribution in [2.45, 2.75) is 36.7 Å². The van der Waals surface area contributed by atoms with E-state index in [1.807, 2.05) is 74.0 Å². The van der Waals surface area contributed by atoms with Crippen LogP contribution in [0.2, 0.25) is 0 Å². The van der Waals surface area contributed by atoms with Gasteiger partial charge < -0.3 is 9.88 Å². The Labute approximate surface area is 187 Å². The number of amides is 1. The van der Waals surface area contributed by atoms with Gasteiger partial charge in [0.05, 0.1) is 16.8 Å². The normalized spacial score (nSPS) is 13.5. The molecule has 154 valence electrons. The van der Waals surface area contributed by atoms with Gasteiger partial charge in [0.2, 0.25) is 11.1 Å². The molecule has 0 aliphatic rings. The largest absolute Gasteiger partial charge is 0.349 e. The Balaban J connectivity index is 1.56. The van der Waals surface area contributed by atoms with Crippen LogP contribution in [-0.4, -0.2) is 30.9 Å². The molecule has 0 fully saturated rings. The van der Waals surface area contributed by atoms with Crippen LogP contribution in [0.25, 0.3) is 22.1 Å². The number of carbonyl (C=O) groups is 1. The molecule has 0 spiro atoms. The predicted molar refractivity (Wildman–Crippen MR) is 124 cm³/mol. The number of thioether (sulfide) groups is 1. The van der Waals surface area contributed by atoms with Crippen LogP contribution in [0.5, 0.6) is 0 Å². The predicted octanol–water partition coefficient (Wildman–Crippen LogP) is 5.03. The van der Waals surface area contributed by atoms with Gasteiger partial charge in [0.1, 0.15) is 5.52 Å². The third kappa shape index (κ3) is 4.06. The summed E-state index contributed by atoms with van der Waals surface area (Å²) in [6.07, 6.45) is 0.668. The third-order valence-electron chi connectivity index (χ3n) is 5.11. The average molecular weight is 484 g/mol. The SMILES string of the molecule is CCC(Sc1nnc2c3cc(Br)ccc3n(C)c2n1)C(=O)NC(C)c1ccccc1. The second kappa shape index (κ2) is 8.73. The van der Waals surface area contributed by atoms with E-state index in [4.69, 9.17) is 4.98 Å². The van der Waals surface area contributed by atoms with Crippen molar-refractivity contribution in [2.24, 2.45) is 7.05 Å². The summed E-state index contributed by atoms with van der Waals surface area (Å²) in [5.41, 5.74) is 3.63. The van der Waals surface area contributed by atoms with Gasteiger partial charge in [0, 0.05) is 16.9 Å². The summed E-state index contributed by atoms with van der Waals surface area (Å²) in [7, 11) is 1.97. The van der Waals surface area contributed by atoms with Crippen molar-refractivity contribution in [1.82, 2.24) is 25.1 Å². The molecule has 0 aliphatic carbocycles. The first-order chi connectivity index (χ1) is 14.5. The van der Waals surface area contributed by atoms with E-state index in [9.17, 15) is 4.79 Å². The monoisotopic (exact) mass is 483 g/mol. The summed E-state index contributed by atoms with van der Waals surface area (Å²) >= 11 is 4.86. The molecule has 0 saturated heterocycles. The smallest absolute Gasteiger partial charge is 0.234 e. The van der Waals surface area contributed by atoms with Crippen molar-refractivity contribution in [1.29, 1.82) is 0 Å². The first-order valence-corrected chi connectivity index (χ1v) is 11.5. The lowest BCUT2D eigenvalue weighted by atomic mass is 10.1. The summed E-state index contributed by atoms with van der Waals surface area (Å²) in [6.45, 7) is 3.98. The van der Waals surface area contributed by atoms with Gasteiger partial charge in [0.15, 0.2) is 5.65 Å². The van der Waals surface area contributed by atoms with E-state index in [1.54, 1.807) is 0 Å². The number of hydrogen-bond acceptors (Lipinski definition) is 5. The minimum Gasteiger partial charge on any atom is -0.349 e. The average Bonchev–Trinajstić information content (AvgIpc) is 3.03. The van der Waals surface area contributed by atoms with Gasteiger partial charge in [-0.05, 0) is 37.1 Å². The Morgan fingerprint density at radius 1 is 1.20 bits per heavy atom. The van der Waals surface area contributed by atoms with Crippen molar-refractivity contribution in [2.75, 3.05) is 0 Å². The highest BCUT2D eigenvalue weighted by molar-refractivity contribution is 9.10. The number of rotatable bonds is 6. The van der Waals surface area contributed by atoms with Crippen LogP contribution in [0, 0.1) is 0 Å². The Morgan fingerprint density at radius 3 is 2.70 bits per heavy atom. The van der Waals surface area contributed by atoms with Gasteiger partial charge in [-0.1, -0.05) is 64.9 Å². The maximum Gasteiger partial charge on any atom is 0.234 e. The minimum atomic E-state index is -0.292. The second-order valence-corrected chi connectivity index (χ2v) is 9.23. The first kappa shape index (κ1) is 20.8. The number of fused-ring (bicyclic) bond motifs is 3. The Hall–Kier alpha value is -2.45. The molecule has 8 heteroatoms. The molecular formula is C22H22BrN5OS. The van der Waals surface area contributed by atoms with Gasteiger partial charge in [-0.15, -0.1) is 10.2 Å². The van der Waals surface area contributed by atoms with Crippen LogP contribution >= 0.6 is 27.7 Å². The molecule has 6 nitrogen and oxygen atoms in total. The molecule has 2 aromatic heterocycles. The Bertz CT molecular complexity index is 1210. The third-order valence-corrected chi connectivity index (χ3v) is 6.82. The Kier molecular flexibility index (Phi) is 6.06. The molecule has 1 N–H and O–H groups in total. The molecule has 4 rings (SSSR count). The van der Waals surface area contributed by atoms with E-state index in [1.165, 1.54) is 11.8 Å². The summed E-state index contributed by atoms with van der Waals surface area (Å²) in [5, 5.41) is 13.0. The number of carbonyl (C=O) groups excluding carboxylic acids is 1. The van der Waals surface area contributed by atoms with Gasteiger partial charge in [-0.25, -0.2) is 4.98 Å². The molecule has 2 atom stereocenters. The second-order valence-electron chi connectivity index (χ2n) is 7.14. The molecule has 2 heterocycles. The van der Waals surface area contributed by atoms with Gasteiger partial charge in [-0.3, -0.25) is 4.79 Å². The molecule has 0 saturated carbocycles. The number of benzene rings is 2. The maximum absolute atomic E-state index is 12.9. The number of nitrogens with zero attached hydrogens (tertiary/aromatic N) is 4. The number of hydrogen-bond donors (Lipinski definition) is 1. The molecule has 1 amide bonds. The van der Waals surface area contributed by atoms with Gasteiger partial charge in [0.25, 0.3) is 0 Å². The van der Waals surface area contributed by atoms with Crippen LogP contribution in [-0.2, 0) is 11.8 Å². The Morgan fingerprint density at radius 2 is 1.97 bits per heavy atom. The molecule has 2 aromatic carbocycles. The van der Waals surface area contributed by atoms with E-state index >= 15 is 0 Å². The van der Waals surface area contributed by atoms with Crippen molar-refractivity contribution >= 4 is 55.7 Å². The zero-order valence-corrected chi connectivity index (χ0v) is 19.4. The van der Waals surface area contributed by atoms with E-state index < -0.39 is 0 Å². The van der Waals surface area contributed by atoms with E-state index in [-0.39, 0.29) is 17.2 Å². The van der Waals surface area contributed by atoms with Crippen LogP contribution in [0.15, 0.2) is 58.2 Å². The summed E-state index contributed by atoms with van der Waals surface area (Å²) in [5.74, 6) is -0.0245. The lowest BCUT2D eigenvalue weighted by molar-refractivity contribution is -0.121. The lowest BCUT2D eigenvalue weighted by Gasteiger charge is -2.18. The fraction of sp³-hybridized carbons (Fsp3) is 0.273. The zero-order valence-electron chi connectivity index (χ0n) is 17.0. The zero-order chi connectivity index (χ0) is 21.3. The number of aryl methyl sites for hydroxylation is 1. The molecule has 0 radical (unpaired) electrons. The highest BCUT2D eigenvalue weighted by Gasteiger charge is 2.22. The van der Waals surface area contributed by atoms with Crippen molar-refractivity contribution < 1.29 is 4.79 Å². The fourth-order valence-electron chi connectivity index (χ4n) is 3.45. The van der Waals surface area contributed by atoms with Crippen LogP contribution in [0.4, 0.5) is 0 Å². The fourth-order valence-corrected chi connectivity index (χ4v) is 4.63. The topological polar surface area (TPSA) is 72.7 Å². The van der Waals surface area contributed by atoms with Crippen LogP contribution < -0.4 is 5.32 Å². The minimum absolute atomic E-state index is 0.0245. The quantitative estimate of drug-likeness (QED) is 0.389. The lowest BCUT2D eigenvalue weighted by Crippen LogP contribution is -2.34. The van der Waals surface area contributed by atoms with Gasteiger partial charge >= 0.3 is 0 Å². The highest BCUT2D eigenvalue weighted by Crippen LogP contribution is 2.30. The summed E-state index contributed by atoms with van der Waals surface area (Å²) in [4.78, 5) is 17.6. The van der Waals surface area contributed by atoms with Crippen molar-refractivity contribution in [3.63, 3.8) is 0 Å². The standard InChI is InChI=1S/C22H22BrN5OS/c1-4-18(21(29)24-13(2)14-8-6-5-7-9-14)30-22-25-20-19(26-27-22)16-12-15(23)10-11-17(16)28(20)3/h5-13,18H,4H2,1-3H3,(H,24,29). The first-order valence-electron chi connectivity index (χ1n) is 9.78. The highest BCUT2D eigenvalue weighted by atomic mass is 79.9. The van der Waals surface area contributed by atoms with Crippen molar-refractivity contribution in [3.8, 4) is 0 Å². The van der Waals surface area contributed by atoms with Gasteiger partial charge in [-0.2, -0.15) is 0 Å². The van der Waals surface area contributed by atoms with E-state index in [2.05, 4.69) is 31.4 Å². The maximum atomic E-state index is 12.9. The van der Waals surface area contributed by atoms with E-state index in [0.717, 1.165) is 32.1 Å². The molecule has 30 heavy (non-hydrogen) atoms. The molecule has 0 aliphatic heterocycles. The van der Waals surface area contributed by atoms with Crippen molar-refractivity contribution in [3.05, 3.63) is 58.6 Å². The van der Waals surface area contributed by atoms with Crippen LogP contribution in [0.1, 0.15) is 31.9 Å². The molecule has 2 unspecified atom stereocenters. The summed E-state index contributed by atoms with van der Waals surface area (Å²) < 4.78 is 2.99. The molecule has 4 aromatic rings. The van der Waals surface area contributed by atoms with E-state index in [0.29, 0.717) is 11.6 Å². The summed E-state index contributed by atoms with van der Waals surface area (Å²) in [6, 6.07) is 15.9. The number of halogens is 1. The number of aromatic nitrogens is 4.